The normalized spacial score (nSPS) is 12.2. The summed E-state index contributed by atoms with van der Waals surface area (Å²) < 4.78 is 17.2. The first-order valence-corrected chi connectivity index (χ1v) is 4.67. The Hall–Kier alpha value is -1.42. The van der Waals surface area contributed by atoms with Crippen molar-refractivity contribution in [2.75, 3.05) is 14.2 Å². The van der Waals surface area contributed by atoms with Gasteiger partial charge < -0.3 is 10.1 Å². The molecule has 0 saturated carbocycles. The van der Waals surface area contributed by atoms with Crippen LogP contribution < -0.4 is 5.32 Å². The monoisotopic (exact) mass is 211 g/mol. The number of hydrogen-bond donors (Lipinski definition) is 1. The van der Waals surface area contributed by atoms with Gasteiger partial charge in [0.15, 0.2) is 0 Å². The van der Waals surface area contributed by atoms with Gasteiger partial charge in [0.25, 0.3) is 0 Å². The largest absolute Gasteiger partial charge is 0.468 e. The molecule has 0 amide bonds. The van der Waals surface area contributed by atoms with Gasteiger partial charge in [0.2, 0.25) is 0 Å². The number of carbonyl (C=O) groups is 1. The number of ether oxygens (including phenoxy) is 1. The van der Waals surface area contributed by atoms with E-state index in [0.717, 1.165) is 5.56 Å². The summed E-state index contributed by atoms with van der Waals surface area (Å²) in [5, 5.41) is 2.85. The molecule has 0 spiro atoms. The highest BCUT2D eigenvalue weighted by Crippen LogP contribution is 2.06. The summed E-state index contributed by atoms with van der Waals surface area (Å²) in [6, 6.07) is 5.67. The van der Waals surface area contributed by atoms with Crippen LogP contribution in [0.2, 0.25) is 0 Å². The number of carbonyl (C=O) groups excluding carboxylic acids is 1. The highest BCUT2D eigenvalue weighted by molar-refractivity contribution is 5.76. The Morgan fingerprint density at radius 2 is 2.07 bits per heavy atom. The highest BCUT2D eigenvalue weighted by Gasteiger charge is 2.16. The Kier molecular flexibility index (Phi) is 4.24. The summed E-state index contributed by atoms with van der Waals surface area (Å²) in [5.74, 6) is -0.598. The van der Waals surface area contributed by atoms with Crippen molar-refractivity contribution in [3.63, 3.8) is 0 Å². The first kappa shape index (κ1) is 11.7. The van der Waals surface area contributed by atoms with E-state index in [2.05, 4.69) is 10.1 Å². The quantitative estimate of drug-likeness (QED) is 0.759. The number of rotatable bonds is 4. The molecule has 4 heteroatoms. The van der Waals surface area contributed by atoms with Gasteiger partial charge in [-0.1, -0.05) is 12.1 Å². The highest BCUT2D eigenvalue weighted by atomic mass is 19.1. The van der Waals surface area contributed by atoms with E-state index >= 15 is 0 Å². The molecule has 82 valence electrons. The lowest BCUT2D eigenvalue weighted by molar-refractivity contribution is -0.142. The minimum Gasteiger partial charge on any atom is -0.468 e. The van der Waals surface area contributed by atoms with E-state index in [1.807, 2.05) is 0 Å². The molecule has 15 heavy (non-hydrogen) atoms. The Balaban J connectivity index is 2.66. The summed E-state index contributed by atoms with van der Waals surface area (Å²) in [4.78, 5) is 11.3. The van der Waals surface area contributed by atoms with Crippen molar-refractivity contribution in [2.45, 2.75) is 12.5 Å². The van der Waals surface area contributed by atoms with Gasteiger partial charge in [-0.25, -0.2) is 4.39 Å². The lowest BCUT2D eigenvalue weighted by atomic mass is 10.1. The Bertz CT molecular complexity index is 324. The van der Waals surface area contributed by atoms with Gasteiger partial charge in [0, 0.05) is 0 Å². The van der Waals surface area contributed by atoms with Gasteiger partial charge in [-0.15, -0.1) is 0 Å². The molecule has 1 aromatic rings. The van der Waals surface area contributed by atoms with E-state index < -0.39 is 0 Å². The van der Waals surface area contributed by atoms with E-state index in [9.17, 15) is 9.18 Å². The summed E-state index contributed by atoms with van der Waals surface area (Å²) in [7, 11) is 3.03. The molecule has 1 unspecified atom stereocenters. The van der Waals surface area contributed by atoms with Crippen LogP contribution in [-0.2, 0) is 16.0 Å². The molecule has 0 fully saturated rings. The van der Waals surface area contributed by atoms with Gasteiger partial charge >= 0.3 is 5.97 Å². The van der Waals surface area contributed by atoms with Gasteiger partial charge in [-0.05, 0) is 31.2 Å². The molecule has 1 N–H and O–H groups in total. The van der Waals surface area contributed by atoms with Crippen molar-refractivity contribution >= 4 is 5.97 Å². The lowest BCUT2D eigenvalue weighted by Crippen LogP contribution is -2.36. The molecular weight excluding hydrogens is 197 g/mol. The molecule has 0 heterocycles. The first-order chi connectivity index (χ1) is 7.17. The number of hydrogen-bond acceptors (Lipinski definition) is 3. The fraction of sp³-hybridized carbons (Fsp3) is 0.364. The van der Waals surface area contributed by atoms with E-state index in [1.54, 1.807) is 19.2 Å². The maximum atomic E-state index is 12.6. The van der Waals surface area contributed by atoms with Gasteiger partial charge in [0.1, 0.15) is 11.9 Å². The molecule has 0 bridgehead atoms. The van der Waals surface area contributed by atoms with Gasteiger partial charge in [0.05, 0.1) is 7.11 Å². The third-order valence-corrected chi connectivity index (χ3v) is 2.19. The molecular formula is C11H14FNO2. The van der Waals surface area contributed by atoms with Crippen LogP contribution in [0.15, 0.2) is 24.3 Å². The number of nitrogens with one attached hydrogen (secondary N) is 1. The predicted molar refractivity (Wildman–Crippen MR) is 55.0 cm³/mol. The van der Waals surface area contributed by atoms with E-state index in [1.165, 1.54) is 19.2 Å². The topological polar surface area (TPSA) is 38.3 Å². The van der Waals surface area contributed by atoms with Crippen LogP contribution >= 0.6 is 0 Å². The zero-order chi connectivity index (χ0) is 11.3. The zero-order valence-electron chi connectivity index (χ0n) is 8.79. The van der Waals surface area contributed by atoms with Crippen LogP contribution in [0, 0.1) is 5.82 Å². The van der Waals surface area contributed by atoms with Crippen LogP contribution in [-0.4, -0.2) is 26.2 Å². The van der Waals surface area contributed by atoms with Crippen molar-refractivity contribution in [3.8, 4) is 0 Å². The number of methoxy groups -OCH3 is 1. The van der Waals surface area contributed by atoms with Crippen LogP contribution in [0.3, 0.4) is 0 Å². The van der Waals surface area contributed by atoms with Crippen LogP contribution in [0.1, 0.15) is 5.56 Å². The molecule has 1 atom stereocenters. The van der Waals surface area contributed by atoms with E-state index in [-0.39, 0.29) is 17.8 Å². The number of likely N-dealkylation sites (N-methyl/N-ethyl adjacent to an activating group) is 1. The molecule has 0 radical (unpaired) electrons. The minimum atomic E-state index is -0.388. The molecule has 1 aromatic carbocycles. The van der Waals surface area contributed by atoms with Crippen molar-refractivity contribution in [1.82, 2.24) is 5.32 Å². The van der Waals surface area contributed by atoms with Crippen LogP contribution in [0.4, 0.5) is 4.39 Å². The molecule has 0 aliphatic carbocycles. The molecule has 1 rings (SSSR count). The maximum Gasteiger partial charge on any atom is 0.323 e. The number of halogens is 1. The third kappa shape index (κ3) is 3.32. The van der Waals surface area contributed by atoms with Crippen molar-refractivity contribution < 1.29 is 13.9 Å². The SMILES string of the molecule is CNC(Cc1ccc(F)cc1)C(=O)OC. The third-order valence-electron chi connectivity index (χ3n) is 2.19. The van der Waals surface area contributed by atoms with E-state index in [4.69, 9.17) is 0 Å². The standard InChI is InChI=1S/C11H14FNO2/c1-13-10(11(14)15-2)7-8-3-5-9(12)6-4-8/h3-6,10,13H,7H2,1-2H3. The van der Waals surface area contributed by atoms with Gasteiger partial charge in [-0.3, -0.25) is 4.79 Å². The molecule has 0 aliphatic rings. The smallest absolute Gasteiger partial charge is 0.323 e. The summed E-state index contributed by atoms with van der Waals surface area (Å²) in [6.07, 6.45) is 0.490. The van der Waals surface area contributed by atoms with E-state index in [0.29, 0.717) is 6.42 Å². The number of esters is 1. The average molecular weight is 211 g/mol. The second kappa shape index (κ2) is 5.46. The average Bonchev–Trinajstić information content (AvgIpc) is 2.27. The summed E-state index contributed by atoms with van der Waals surface area (Å²) >= 11 is 0. The van der Waals surface area contributed by atoms with Crippen molar-refractivity contribution in [2.24, 2.45) is 0 Å². The molecule has 0 aromatic heterocycles. The fourth-order valence-corrected chi connectivity index (χ4v) is 1.30. The Labute approximate surface area is 88.2 Å². The van der Waals surface area contributed by atoms with Gasteiger partial charge in [-0.2, -0.15) is 0 Å². The van der Waals surface area contributed by atoms with Crippen molar-refractivity contribution in [3.05, 3.63) is 35.6 Å². The second-order valence-electron chi connectivity index (χ2n) is 3.20. The minimum absolute atomic E-state index is 0.280. The predicted octanol–water partition coefficient (Wildman–Crippen LogP) is 1.13. The Morgan fingerprint density at radius 3 is 2.53 bits per heavy atom. The molecule has 0 saturated heterocycles. The number of benzene rings is 1. The first-order valence-electron chi connectivity index (χ1n) is 4.67. The second-order valence-corrected chi connectivity index (χ2v) is 3.20. The molecule has 0 aliphatic heterocycles. The maximum absolute atomic E-state index is 12.6. The van der Waals surface area contributed by atoms with Crippen LogP contribution in [0.25, 0.3) is 0 Å². The molecule has 3 nitrogen and oxygen atoms in total. The fourth-order valence-electron chi connectivity index (χ4n) is 1.30. The van der Waals surface area contributed by atoms with Crippen LogP contribution in [0.5, 0.6) is 0 Å². The zero-order valence-corrected chi connectivity index (χ0v) is 8.79. The van der Waals surface area contributed by atoms with Crippen molar-refractivity contribution in [1.29, 1.82) is 0 Å². The lowest BCUT2D eigenvalue weighted by Gasteiger charge is -2.13. The Morgan fingerprint density at radius 1 is 1.47 bits per heavy atom. The summed E-state index contributed by atoms with van der Waals surface area (Å²) in [5.41, 5.74) is 0.890. The summed E-state index contributed by atoms with van der Waals surface area (Å²) in [6.45, 7) is 0.